The van der Waals surface area contributed by atoms with Gasteiger partial charge in [0.25, 0.3) is 0 Å². The third kappa shape index (κ3) is 3.65. The van der Waals surface area contributed by atoms with Crippen LogP contribution in [0.5, 0.6) is 5.75 Å². The molecular formula is C24H20N2O3. The highest BCUT2D eigenvalue weighted by Crippen LogP contribution is 2.29. The largest absolute Gasteiger partial charge is 0.477 e. The van der Waals surface area contributed by atoms with Crippen molar-refractivity contribution < 1.29 is 14.3 Å². The van der Waals surface area contributed by atoms with Crippen molar-refractivity contribution in [3.63, 3.8) is 0 Å². The first-order valence-corrected chi connectivity index (χ1v) is 9.43. The molecule has 0 fully saturated rings. The molecule has 0 aliphatic rings. The zero-order valence-corrected chi connectivity index (χ0v) is 16.0. The molecule has 0 saturated heterocycles. The second kappa shape index (κ2) is 8.07. The minimum Gasteiger partial charge on any atom is -0.477 e. The second-order valence-corrected chi connectivity index (χ2v) is 6.87. The molecule has 2 aromatic heterocycles. The van der Waals surface area contributed by atoms with Crippen LogP contribution in [0.1, 0.15) is 28.8 Å². The standard InChI is InChI=1S/C24H20N2O3/c1-17(18-7-3-2-4-8-18)16-29-24(27)23-20-9-5-6-10-21(20)26-15-19(28-14-13-25)11-12-22(23)26/h2-12,15,17H,14,16H2,1H3. The number of hydrogen-bond donors (Lipinski definition) is 0. The molecule has 4 aromatic rings. The van der Waals surface area contributed by atoms with Crippen LogP contribution in [0.15, 0.2) is 72.9 Å². The van der Waals surface area contributed by atoms with Crippen molar-refractivity contribution in [1.29, 1.82) is 5.26 Å². The second-order valence-electron chi connectivity index (χ2n) is 6.87. The van der Waals surface area contributed by atoms with Gasteiger partial charge in [-0.1, -0.05) is 55.5 Å². The maximum absolute atomic E-state index is 13.0. The van der Waals surface area contributed by atoms with E-state index in [1.807, 2.05) is 78.1 Å². The Morgan fingerprint density at radius 1 is 1.03 bits per heavy atom. The number of rotatable bonds is 6. The number of carbonyl (C=O) groups is 1. The van der Waals surface area contributed by atoms with Gasteiger partial charge in [0.1, 0.15) is 11.8 Å². The summed E-state index contributed by atoms with van der Waals surface area (Å²) in [7, 11) is 0. The van der Waals surface area contributed by atoms with E-state index in [4.69, 9.17) is 14.7 Å². The van der Waals surface area contributed by atoms with Crippen molar-refractivity contribution in [1.82, 2.24) is 4.40 Å². The Morgan fingerprint density at radius 3 is 2.59 bits per heavy atom. The summed E-state index contributed by atoms with van der Waals surface area (Å²) in [6.45, 7) is 2.31. The van der Waals surface area contributed by atoms with Crippen LogP contribution in [0, 0.1) is 11.3 Å². The van der Waals surface area contributed by atoms with Gasteiger partial charge in [-0.3, -0.25) is 0 Å². The number of nitriles is 1. The number of hydrogen-bond acceptors (Lipinski definition) is 4. The van der Waals surface area contributed by atoms with Crippen LogP contribution >= 0.6 is 0 Å². The fraction of sp³-hybridized carbons (Fsp3) is 0.167. The molecule has 0 N–H and O–H groups in total. The predicted molar refractivity (Wildman–Crippen MR) is 111 cm³/mol. The van der Waals surface area contributed by atoms with Crippen molar-refractivity contribution in [2.24, 2.45) is 0 Å². The molecule has 0 aliphatic heterocycles. The monoisotopic (exact) mass is 384 g/mol. The lowest BCUT2D eigenvalue weighted by Crippen LogP contribution is -2.11. The minimum absolute atomic E-state index is 0.0308. The van der Waals surface area contributed by atoms with E-state index in [0.29, 0.717) is 17.9 Å². The number of carbonyl (C=O) groups excluding carboxylic acids is 1. The van der Waals surface area contributed by atoms with Crippen molar-refractivity contribution in [2.45, 2.75) is 12.8 Å². The van der Waals surface area contributed by atoms with Crippen LogP contribution < -0.4 is 4.74 Å². The molecule has 2 heterocycles. The first-order valence-electron chi connectivity index (χ1n) is 9.43. The van der Waals surface area contributed by atoms with Gasteiger partial charge < -0.3 is 13.9 Å². The van der Waals surface area contributed by atoms with Crippen LogP contribution in [-0.2, 0) is 4.74 Å². The SMILES string of the molecule is CC(COC(=O)c1c2ccccc2n2cc(OCC#N)ccc12)c1ccccc1. The Morgan fingerprint density at radius 2 is 1.79 bits per heavy atom. The maximum atomic E-state index is 13.0. The number of benzene rings is 2. The summed E-state index contributed by atoms with van der Waals surface area (Å²) in [5, 5.41) is 9.55. The highest BCUT2D eigenvalue weighted by Gasteiger charge is 2.20. The van der Waals surface area contributed by atoms with E-state index in [-0.39, 0.29) is 18.5 Å². The normalized spacial score (nSPS) is 11.9. The van der Waals surface area contributed by atoms with Gasteiger partial charge in [-0.25, -0.2) is 4.79 Å². The number of para-hydroxylation sites is 1. The van der Waals surface area contributed by atoms with E-state index in [0.717, 1.165) is 22.0 Å². The Kier molecular flexibility index (Phi) is 5.17. The summed E-state index contributed by atoms with van der Waals surface area (Å²) in [6, 6.07) is 23.2. The molecule has 0 aliphatic carbocycles. The third-order valence-electron chi connectivity index (χ3n) is 4.95. The lowest BCUT2D eigenvalue weighted by molar-refractivity contribution is 0.0490. The topological polar surface area (TPSA) is 63.7 Å². The van der Waals surface area contributed by atoms with Gasteiger partial charge in [0.15, 0.2) is 6.61 Å². The fourth-order valence-electron chi connectivity index (χ4n) is 3.48. The zero-order valence-electron chi connectivity index (χ0n) is 16.0. The molecule has 0 amide bonds. The Balaban J connectivity index is 1.66. The van der Waals surface area contributed by atoms with Gasteiger partial charge in [0.05, 0.1) is 29.4 Å². The summed E-state index contributed by atoms with van der Waals surface area (Å²) in [6.07, 6.45) is 1.79. The summed E-state index contributed by atoms with van der Waals surface area (Å²) < 4.78 is 13.0. The Bertz CT molecular complexity index is 1210. The van der Waals surface area contributed by atoms with Gasteiger partial charge in [0.2, 0.25) is 0 Å². The molecule has 0 spiro atoms. The van der Waals surface area contributed by atoms with E-state index in [1.165, 1.54) is 0 Å². The molecular weight excluding hydrogens is 364 g/mol. The van der Waals surface area contributed by atoms with Crippen molar-refractivity contribution >= 4 is 22.4 Å². The van der Waals surface area contributed by atoms with Gasteiger partial charge in [-0.15, -0.1) is 0 Å². The van der Waals surface area contributed by atoms with Gasteiger partial charge in [0, 0.05) is 11.3 Å². The van der Waals surface area contributed by atoms with Crippen molar-refractivity contribution in [3.05, 3.63) is 84.1 Å². The van der Waals surface area contributed by atoms with Crippen molar-refractivity contribution in [2.75, 3.05) is 13.2 Å². The lowest BCUT2D eigenvalue weighted by atomic mass is 10.0. The van der Waals surface area contributed by atoms with E-state index in [1.54, 1.807) is 12.3 Å². The Hall–Kier alpha value is -3.78. The van der Waals surface area contributed by atoms with Crippen LogP contribution in [-0.4, -0.2) is 23.6 Å². The molecule has 5 heteroatoms. The maximum Gasteiger partial charge on any atom is 0.340 e. The summed E-state index contributed by atoms with van der Waals surface area (Å²) in [5.41, 5.74) is 3.29. The summed E-state index contributed by atoms with van der Waals surface area (Å²) in [5.74, 6) is 0.320. The van der Waals surface area contributed by atoms with Crippen molar-refractivity contribution in [3.8, 4) is 11.8 Å². The van der Waals surface area contributed by atoms with E-state index < -0.39 is 0 Å². The first-order chi connectivity index (χ1) is 14.2. The minimum atomic E-state index is -0.350. The van der Waals surface area contributed by atoms with E-state index in [9.17, 15) is 4.79 Å². The average Bonchev–Trinajstić information content (AvgIpc) is 3.10. The number of pyridine rings is 1. The molecule has 144 valence electrons. The summed E-state index contributed by atoms with van der Waals surface area (Å²) >= 11 is 0. The molecule has 5 nitrogen and oxygen atoms in total. The average molecular weight is 384 g/mol. The van der Waals surface area contributed by atoms with Crippen LogP contribution in [0.2, 0.25) is 0 Å². The number of aromatic nitrogens is 1. The molecule has 0 bridgehead atoms. The molecule has 1 unspecified atom stereocenters. The number of ether oxygens (including phenoxy) is 2. The third-order valence-corrected chi connectivity index (χ3v) is 4.95. The first kappa shape index (κ1) is 18.6. The van der Waals surface area contributed by atoms with Crippen LogP contribution in [0.4, 0.5) is 0 Å². The quantitative estimate of drug-likeness (QED) is 0.441. The van der Waals surface area contributed by atoms with Crippen LogP contribution in [0.25, 0.3) is 16.4 Å². The van der Waals surface area contributed by atoms with E-state index >= 15 is 0 Å². The molecule has 1 atom stereocenters. The van der Waals surface area contributed by atoms with E-state index in [2.05, 4.69) is 0 Å². The Labute approximate surface area is 168 Å². The highest BCUT2D eigenvalue weighted by atomic mass is 16.5. The molecule has 2 aromatic carbocycles. The number of esters is 1. The fourth-order valence-corrected chi connectivity index (χ4v) is 3.48. The number of nitrogens with zero attached hydrogens (tertiary/aromatic N) is 2. The molecule has 4 rings (SSSR count). The molecule has 0 radical (unpaired) electrons. The lowest BCUT2D eigenvalue weighted by Gasteiger charge is -2.12. The zero-order chi connectivity index (χ0) is 20.2. The molecule has 29 heavy (non-hydrogen) atoms. The predicted octanol–water partition coefficient (Wildman–Crippen LogP) is 4.96. The molecule has 0 saturated carbocycles. The van der Waals surface area contributed by atoms with Gasteiger partial charge in [-0.2, -0.15) is 5.26 Å². The van der Waals surface area contributed by atoms with Gasteiger partial charge in [-0.05, 0) is 23.8 Å². The number of fused-ring (bicyclic) bond motifs is 3. The smallest absolute Gasteiger partial charge is 0.340 e. The van der Waals surface area contributed by atoms with Gasteiger partial charge >= 0.3 is 5.97 Å². The summed E-state index contributed by atoms with van der Waals surface area (Å²) in [4.78, 5) is 13.0. The highest BCUT2D eigenvalue weighted by molar-refractivity contribution is 6.11. The van der Waals surface area contributed by atoms with Crippen LogP contribution in [0.3, 0.4) is 0 Å².